The molecular weight excluding hydrogens is 484 g/mol. The van der Waals surface area contributed by atoms with E-state index in [4.69, 9.17) is 16.3 Å². The number of hydrogen-bond acceptors (Lipinski definition) is 6. The van der Waals surface area contributed by atoms with E-state index in [1.54, 1.807) is 24.6 Å². The summed E-state index contributed by atoms with van der Waals surface area (Å²) in [6.45, 7) is 2.81. The second-order valence-electron chi connectivity index (χ2n) is 9.60. The fourth-order valence-electron chi connectivity index (χ4n) is 5.25. The van der Waals surface area contributed by atoms with Crippen molar-refractivity contribution in [3.05, 3.63) is 57.4 Å². The van der Waals surface area contributed by atoms with Crippen molar-refractivity contribution in [1.82, 2.24) is 9.88 Å². The Balaban J connectivity index is 1.40. The number of thiophene rings is 1. The van der Waals surface area contributed by atoms with Crippen molar-refractivity contribution in [1.29, 1.82) is 0 Å². The number of piperidine rings is 1. The van der Waals surface area contributed by atoms with Gasteiger partial charge in [0, 0.05) is 17.1 Å². The predicted octanol–water partition coefficient (Wildman–Crippen LogP) is 5.96. The van der Waals surface area contributed by atoms with Gasteiger partial charge in [0.05, 0.1) is 30.2 Å². The number of hydrogen-bond donors (Lipinski definition) is 2. The number of aliphatic hydroxyl groups excluding tert-OH is 1. The number of aromatic nitrogens is 1. The van der Waals surface area contributed by atoms with Crippen LogP contribution in [0.4, 0.5) is 0 Å². The number of fused-ring (bicyclic) bond motifs is 1. The number of aliphatic hydroxyl groups is 1. The Morgan fingerprint density at radius 3 is 2.80 bits per heavy atom. The van der Waals surface area contributed by atoms with Crippen LogP contribution < -0.4 is 4.74 Å². The van der Waals surface area contributed by atoms with Gasteiger partial charge < -0.3 is 19.8 Å². The van der Waals surface area contributed by atoms with E-state index in [0.717, 1.165) is 56.2 Å². The molecule has 1 aliphatic heterocycles. The molecular formula is C27H33ClN2O4S. The van der Waals surface area contributed by atoms with Crippen LogP contribution in [-0.2, 0) is 11.2 Å². The van der Waals surface area contributed by atoms with E-state index in [1.807, 2.05) is 18.2 Å². The van der Waals surface area contributed by atoms with Crippen LogP contribution in [0.5, 0.6) is 5.75 Å². The van der Waals surface area contributed by atoms with Crippen molar-refractivity contribution in [2.24, 2.45) is 5.41 Å². The van der Waals surface area contributed by atoms with Crippen molar-refractivity contribution < 1.29 is 19.7 Å². The lowest BCUT2D eigenvalue weighted by Crippen LogP contribution is -2.41. The van der Waals surface area contributed by atoms with Crippen LogP contribution in [0.3, 0.4) is 0 Å². The Labute approximate surface area is 215 Å². The molecule has 0 radical (unpaired) electrons. The SMILES string of the molecule is COc1ccc2ncc(Cl)c([C@H](O)CCC3(CC(=O)O)CCN(CCCc4ccsc4)CC3)c2c1. The summed E-state index contributed by atoms with van der Waals surface area (Å²) in [5, 5.41) is 26.3. The van der Waals surface area contributed by atoms with Crippen molar-refractivity contribution >= 4 is 39.8 Å². The van der Waals surface area contributed by atoms with E-state index < -0.39 is 12.1 Å². The number of halogens is 1. The van der Waals surface area contributed by atoms with Crippen LogP contribution in [0, 0.1) is 5.41 Å². The molecule has 3 aromatic rings. The van der Waals surface area contributed by atoms with Gasteiger partial charge in [-0.05, 0) is 104 Å². The van der Waals surface area contributed by atoms with Gasteiger partial charge in [0.2, 0.25) is 0 Å². The minimum absolute atomic E-state index is 0.126. The number of nitrogens with zero attached hydrogens (tertiary/aromatic N) is 2. The zero-order chi connectivity index (χ0) is 24.8. The molecule has 6 nitrogen and oxygen atoms in total. The maximum atomic E-state index is 11.8. The number of carbonyl (C=O) groups is 1. The van der Waals surface area contributed by atoms with Gasteiger partial charge in [-0.1, -0.05) is 11.6 Å². The molecule has 4 rings (SSSR count). The van der Waals surface area contributed by atoms with Gasteiger partial charge in [-0.3, -0.25) is 9.78 Å². The highest BCUT2D eigenvalue weighted by Crippen LogP contribution is 2.43. The van der Waals surface area contributed by atoms with Crippen molar-refractivity contribution in [2.75, 3.05) is 26.7 Å². The van der Waals surface area contributed by atoms with E-state index >= 15 is 0 Å². The van der Waals surface area contributed by atoms with Gasteiger partial charge in [0.1, 0.15) is 5.75 Å². The summed E-state index contributed by atoms with van der Waals surface area (Å²) in [5.41, 5.74) is 2.44. The molecule has 0 bridgehead atoms. The topological polar surface area (TPSA) is 82.9 Å². The van der Waals surface area contributed by atoms with Crippen LogP contribution >= 0.6 is 22.9 Å². The lowest BCUT2D eigenvalue weighted by Gasteiger charge is -2.41. The normalized spacial score (nSPS) is 16.9. The molecule has 188 valence electrons. The number of pyridine rings is 1. The molecule has 0 unspecified atom stereocenters. The fourth-order valence-corrected chi connectivity index (χ4v) is 6.23. The lowest BCUT2D eigenvalue weighted by atomic mass is 9.71. The number of aryl methyl sites for hydroxylation is 1. The monoisotopic (exact) mass is 516 g/mol. The average molecular weight is 517 g/mol. The number of rotatable bonds is 11. The molecule has 1 atom stereocenters. The summed E-state index contributed by atoms with van der Waals surface area (Å²) in [4.78, 5) is 18.6. The van der Waals surface area contributed by atoms with Crippen LogP contribution in [-0.4, -0.2) is 52.8 Å². The molecule has 0 amide bonds. The fraction of sp³-hybridized carbons (Fsp3) is 0.481. The van der Waals surface area contributed by atoms with E-state index in [1.165, 1.54) is 5.56 Å². The van der Waals surface area contributed by atoms with E-state index in [0.29, 0.717) is 29.2 Å². The second kappa shape index (κ2) is 11.7. The summed E-state index contributed by atoms with van der Waals surface area (Å²) in [5.74, 6) is -0.105. The number of methoxy groups -OCH3 is 1. The largest absolute Gasteiger partial charge is 0.497 e. The van der Waals surface area contributed by atoms with Crippen LogP contribution in [0.25, 0.3) is 10.9 Å². The van der Waals surface area contributed by atoms with E-state index in [-0.39, 0.29) is 11.8 Å². The number of ether oxygens (including phenoxy) is 1. The molecule has 1 saturated heterocycles. The number of carboxylic acids is 1. The standard InChI is InChI=1S/C27H33ClN2O4S/c1-34-20-4-5-23-21(15-20)26(22(28)17-29-23)24(31)6-8-27(16-25(32)33)9-12-30(13-10-27)11-2-3-19-7-14-35-18-19/h4-5,7,14-15,17-18,24,31H,2-3,6,8-13,16H2,1H3,(H,32,33)/t24-/m1/s1. The van der Waals surface area contributed by atoms with Gasteiger partial charge >= 0.3 is 5.97 Å². The van der Waals surface area contributed by atoms with Crippen LogP contribution in [0.1, 0.15) is 55.8 Å². The molecule has 0 spiro atoms. The number of carboxylic acid groups (broad SMARTS) is 1. The minimum Gasteiger partial charge on any atom is -0.497 e. The number of likely N-dealkylation sites (tertiary alicyclic amines) is 1. The first-order chi connectivity index (χ1) is 16.9. The maximum Gasteiger partial charge on any atom is 0.303 e. The molecule has 0 aliphatic carbocycles. The van der Waals surface area contributed by atoms with E-state index in [2.05, 4.69) is 26.7 Å². The molecule has 35 heavy (non-hydrogen) atoms. The second-order valence-corrected chi connectivity index (χ2v) is 10.8. The summed E-state index contributed by atoms with van der Waals surface area (Å²) >= 11 is 8.21. The van der Waals surface area contributed by atoms with Gasteiger partial charge in [-0.25, -0.2) is 0 Å². The molecule has 1 aliphatic rings. The lowest BCUT2D eigenvalue weighted by molar-refractivity contribution is -0.141. The van der Waals surface area contributed by atoms with Crippen LogP contribution in [0.15, 0.2) is 41.2 Å². The molecule has 0 saturated carbocycles. The van der Waals surface area contributed by atoms with Gasteiger partial charge in [-0.15, -0.1) is 0 Å². The average Bonchev–Trinajstić information content (AvgIpc) is 3.36. The Hall–Kier alpha value is -2.19. The number of benzene rings is 1. The third-order valence-corrected chi connectivity index (χ3v) is 8.35. The molecule has 1 aromatic carbocycles. The third-order valence-electron chi connectivity index (χ3n) is 7.31. The van der Waals surface area contributed by atoms with Gasteiger partial charge in [0.25, 0.3) is 0 Å². The Morgan fingerprint density at radius 1 is 1.31 bits per heavy atom. The minimum atomic E-state index is -0.811. The summed E-state index contributed by atoms with van der Waals surface area (Å²) in [6, 6.07) is 7.70. The Bertz CT molecular complexity index is 1130. The molecule has 1 fully saturated rings. The predicted molar refractivity (Wildman–Crippen MR) is 140 cm³/mol. The first-order valence-corrected chi connectivity index (χ1v) is 13.5. The molecule has 3 heterocycles. The van der Waals surface area contributed by atoms with Crippen molar-refractivity contribution in [3.8, 4) is 5.75 Å². The van der Waals surface area contributed by atoms with Crippen LogP contribution in [0.2, 0.25) is 5.02 Å². The number of aliphatic carboxylic acids is 1. The first kappa shape index (κ1) is 25.9. The summed E-state index contributed by atoms with van der Waals surface area (Å²) in [6.07, 6.45) is 5.80. The zero-order valence-electron chi connectivity index (χ0n) is 20.1. The molecule has 8 heteroatoms. The molecule has 2 N–H and O–H groups in total. The van der Waals surface area contributed by atoms with Crippen molar-refractivity contribution in [2.45, 2.75) is 51.0 Å². The summed E-state index contributed by atoms with van der Waals surface area (Å²) in [7, 11) is 1.60. The van der Waals surface area contributed by atoms with Gasteiger partial charge in [-0.2, -0.15) is 11.3 Å². The Morgan fingerprint density at radius 2 is 2.11 bits per heavy atom. The smallest absolute Gasteiger partial charge is 0.303 e. The molecule has 2 aromatic heterocycles. The third kappa shape index (κ3) is 6.53. The highest BCUT2D eigenvalue weighted by atomic mass is 35.5. The van der Waals surface area contributed by atoms with Crippen molar-refractivity contribution in [3.63, 3.8) is 0 Å². The maximum absolute atomic E-state index is 11.8. The highest BCUT2D eigenvalue weighted by Gasteiger charge is 2.37. The summed E-state index contributed by atoms with van der Waals surface area (Å²) < 4.78 is 5.35. The quantitative estimate of drug-likeness (QED) is 0.327. The Kier molecular flexibility index (Phi) is 8.65. The van der Waals surface area contributed by atoms with Gasteiger partial charge in [0.15, 0.2) is 0 Å². The van der Waals surface area contributed by atoms with E-state index in [9.17, 15) is 15.0 Å². The first-order valence-electron chi connectivity index (χ1n) is 12.1. The zero-order valence-corrected chi connectivity index (χ0v) is 21.7. The highest BCUT2D eigenvalue weighted by molar-refractivity contribution is 7.07.